The lowest BCUT2D eigenvalue weighted by molar-refractivity contribution is 0.303. The van der Waals surface area contributed by atoms with E-state index in [0.717, 1.165) is 37.6 Å². The largest absolute Gasteiger partial charge is 0.494 e. The molecular formula is C25H37BrO2. The highest BCUT2D eigenvalue weighted by atomic mass is 79.9. The zero-order valence-electron chi connectivity index (χ0n) is 17.9. The minimum absolute atomic E-state index is 0.641. The first-order valence-corrected chi connectivity index (χ1v) is 12.0. The molecule has 0 aliphatic rings. The van der Waals surface area contributed by atoms with Gasteiger partial charge in [0.25, 0.3) is 0 Å². The van der Waals surface area contributed by atoms with Crippen molar-refractivity contribution in [2.75, 3.05) is 13.2 Å². The summed E-state index contributed by atoms with van der Waals surface area (Å²) >= 11 is 3.70. The second-order valence-corrected chi connectivity index (χ2v) is 8.98. The van der Waals surface area contributed by atoms with Gasteiger partial charge in [-0.3, -0.25) is 0 Å². The van der Waals surface area contributed by atoms with Crippen molar-refractivity contribution in [1.29, 1.82) is 0 Å². The topological polar surface area (TPSA) is 18.5 Å². The van der Waals surface area contributed by atoms with Gasteiger partial charge in [0, 0.05) is 4.83 Å². The standard InChI is InChI=1S/C25H37BrO2/c1-4-6-7-8-10-17-27-23-14-15-24-20(3)25(16-13-21(24)19-23)28-18-11-9-12-22(26)5-2/h13-16,19,22H,4-12,17-18H2,1-3H3. The van der Waals surface area contributed by atoms with Gasteiger partial charge in [0.15, 0.2) is 0 Å². The van der Waals surface area contributed by atoms with Crippen LogP contribution in [0, 0.1) is 6.92 Å². The summed E-state index contributed by atoms with van der Waals surface area (Å²) in [5.74, 6) is 1.97. The number of halogens is 1. The van der Waals surface area contributed by atoms with Gasteiger partial charge < -0.3 is 9.47 Å². The van der Waals surface area contributed by atoms with Gasteiger partial charge in [-0.2, -0.15) is 0 Å². The van der Waals surface area contributed by atoms with Crippen LogP contribution in [-0.2, 0) is 0 Å². The molecule has 0 saturated heterocycles. The number of benzene rings is 2. The molecule has 2 aromatic rings. The molecule has 2 nitrogen and oxygen atoms in total. The van der Waals surface area contributed by atoms with Crippen molar-refractivity contribution in [3.8, 4) is 11.5 Å². The highest BCUT2D eigenvalue weighted by Gasteiger charge is 2.07. The Morgan fingerprint density at radius 3 is 2.39 bits per heavy atom. The van der Waals surface area contributed by atoms with E-state index in [2.05, 4.69) is 67.0 Å². The Balaban J connectivity index is 1.84. The van der Waals surface area contributed by atoms with Crippen LogP contribution in [0.4, 0.5) is 0 Å². The predicted molar refractivity (Wildman–Crippen MR) is 125 cm³/mol. The van der Waals surface area contributed by atoms with Crippen LogP contribution in [0.1, 0.15) is 77.2 Å². The Morgan fingerprint density at radius 2 is 1.61 bits per heavy atom. The molecule has 0 radical (unpaired) electrons. The average Bonchev–Trinajstić information content (AvgIpc) is 2.71. The molecule has 0 aliphatic heterocycles. The van der Waals surface area contributed by atoms with Gasteiger partial charge in [-0.15, -0.1) is 0 Å². The maximum Gasteiger partial charge on any atom is 0.122 e. The van der Waals surface area contributed by atoms with E-state index >= 15 is 0 Å². The molecule has 0 amide bonds. The molecule has 2 aromatic carbocycles. The molecule has 3 heteroatoms. The highest BCUT2D eigenvalue weighted by molar-refractivity contribution is 9.09. The average molecular weight is 449 g/mol. The van der Waals surface area contributed by atoms with Crippen LogP contribution in [0.5, 0.6) is 11.5 Å². The number of unbranched alkanes of at least 4 members (excludes halogenated alkanes) is 5. The van der Waals surface area contributed by atoms with Crippen molar-refractivity contribution in [1.82, 2.24) is 0 Å². The number of aryl methyl sites for hydroxylation is 1. The Hall–Kier alpha value is -1.22. The monoisotopic (exact) mass is 448 g/mol. The fourth-order valence-electron chi connectivity index (χ4n) is 3.44. The summed E-state index contributed by atoms with van der Waals surface area (Å²) in [6.07, 6.45) is 11.0. The molecular weight excluding hydrogens is 412 g/mol. The zero-order valence-corrected chi connectivity index (χ0v) is 19.5. The summed E-state index contributed by atoms with van der Waals surface area (Å²) in [6.45, 7) is 8.21. The third kappa shape index (κ3) is 7.66. The molecule has 1 unspecified atom stereocenters. The van der Waals surface area contributed by atoms with E-state index in [-0.39, 0.29) is 0 Å². The van der Waals surface area contributed by atoms with Crippen LogP contribution < -0.4 is 9.47 Å². The molecule has 0 aliphatic carbocycles. The first kappa shape index (κ1) is 23.1. The van der Waals surface area contributed by atoms with Crippen molar-refractivity contribution < 1.29 is 9.47 Å². The van der Waals surface area contributed by atoms with Crippen LogP contribution in [0.2, 0.25) is 0 Å². The Kier molecular flexibility index (Phi) is 10.8. The molecule has 0 bridgehead atoms. The quantitative estimate of drug-likeness (QED) is 0.214. The molecule has 0 spiro atoms. The molecule has 2 rings (SSSR count). The van der Waals surface area contributed by atoms with Gasteiger partial charge in [0.1, 0.15) is 11.5 Å². The molecule has 0 fully saturated rings. The third-order valence-corrected chi connectivity index (χ3v) is 6.45. The zero-order chi connectivity index (χ0) is 20.2. The molecule has 0 saturated carbocycles. The van der Waals surface area contributed by atoms with Crippen LogP contribution in [0.3, 0.4) is 0 Å². The summed E-state index contributed by atoms with van der Waals surface area (Å²) < 4.78 is 12.0. The van der Waals surface area contributed by atoms with Crippen LogP contribution >= 0.6 is 15.9 Å². The number of hydrogen-bond donors (Lipinski definition) is 0. The van der Waals surface area contributed by atoms with Crippen LogP contribution in [-0.4, -0.2) is 18.0 Å². The molecule has 0 N–H and O–H groups in total. The van der Waals surface area contributed by atoms with Gasteiger partial charge in [-0.05, 0) is 73.6 Å². The first-order valence-electron chi connectivity index (χ1n) is 11.1. The number of ether oxygens (including phenoxy) is 2. The van der Waals surface area contributed by atoms with Gasteiger partial charge in [0.05, 0.1) is 13.2 Å². The van der Waals surface area contributed by atoms with E-state index in [0.29, 0.717) is 4.83 Å². The lowest BCUT2D eigenvalue weighted by atomic mass is 10.0. The van der Waals surface area contributed by atoms with Gasteiger partial charge in [-0.25, -0.2) is 0 Å². The van der Waals surface area contributed by atoms with Crippen molar-refractivity contribution in [2.45, 2.75) is 83.4 Å². The number of alkyl halides is 1. The van der Waals surface area contributed by atoms with E-state index in [4.69, 9.17) is 9.47 Å². The van der Waals surface area contributed by atoms with Crippen LogP contribution in [0.15, 0.2) is 30.3 Å². The maximum absolute atomic E-state index is 6.06. The van der Waals surface area contributed by atoms with Gasteiger partial charge in [-0.1, -0.05) is 67.6 Å². The lowest BCUT2D eigenvalue weighted by Crippen LogP contribution is -2.02. The van der Waals surface area contributed by atoms with Crippen molar-refractivity contribution in [2.24, 2.45) is 0 Å². The van der Waals surface area contributed by atoms with Crippen LogP contribution in [0.25, 0.3) is 10.8 Å². The Labute approximate surface area is 180 Å². The molecule has 0 heterocycles. The summed E-state index contributed by atoms with van der Waals surface area (Å²) in [6, 6.07) is 10.7. The molecule has 1 atom stereocenters. The van der Waals surface area contributed by atoms with Crippen molar-refractivity contribution in [3.05, 3.63) is 35.9 Å². The van der Waals surface area contributed by atoms with E-state index in [1.165, 1.54) is 61.3 Å². The normalized spacial score (nSPS) is 12.3. The van der Waals surface area contributed by atoms with E-state index in [1.54, 1.807) is 0 Å². The number of hydrogen-bond acceptors (Lipinski definition) is 2. The summed E-state index contributed by atoms with van der Waals surface area (Å²) in [7, 11) is 0. The lowest BCUT2D eigenvalue weighted by Gasteiger charge is -2.13. The van der Waals surface area contributed by atoms with E-state index < -0.39 is 0 Å². The minimum Gasteiger partial charge on any atom is -0.494 e. The smallest absolute Gasteiger partial charge is 0.122 e. The second kappa shape index (κ2) is 13.1. The third-order valence-electron chi connectivity index (χ3n) is 5.34. The van der Waals surface area contributed by atoms with Gasteiger partial charge in [0.2, 0.25) is 0 Å². The maximum atomic E-state index is 6.06. The SMILES string of the molecule is CCCCCCCOc1ccc2c(C)c(OCCCCC(Br)CC)ccc2c1. The minimum atomic E-state index is 0.641. The summed E-state index contributed by atoms with van der Waals surface area (Å²) in [5.41, 5.74) is 1.22. The summed E-state index contributed by atoms with van der Waals surface area (Å²) in [5, 5.41) is 2.47. The molecule has 0 aromatic heterocycles. The predicted octanol–water partition coefficient (Wildman–Crippen LogP) is 8.22. The van der Waals surface area contributed by atoms with E-state index in [1.807, 2.05) is 0 Å². The van der Waals surface area contributed by atoms with Crippen molar-refractivity contribution in [3.63, 3.8) is 0 Å². The molecule has 28 heavy (non-hydrogen) atoms. The van der Waals surface area contributed by atoms with Gasteiger partial charge >= 0.3 is 0 Å². The number of fused-ring (bicyclic) bond motifs is 1. The Morgan fingerprint density at radius 1 is 0.857 bits per heavy atom. The summed E-state index contributed by atoms with van der Waals surface area (Å²) in [4.78, 5) is 0.641. The second-order valence-electron chi connectivity index (χ2n) is 7.68. The fraction of sp³-hybridized carbons (Fsp3) is 0.600. The molecule has 156 valence electrons. The first-order chi connectivity index (χ1) is 13.7. The Bertz CT molecular complexity index is 698. The van der Waals surface area contributed by atoms with E-state index in [9.17, 15) is 0 Å². The van der Waals surface area contributed by atoms with Crippen molar-refractivity contribution >= 4 is 26.7 Å². The fourth-order valence-corrected chi connectivity index (χ4v) is 3.76. The number of rotatable bonds is 14. The highest BCUT2D eigenvalue weighted by Crippen LogP contribution is 2.30.